The van der Waals surface area contributed by atoms with E-state index in [4.69, 9.17) is 9.47 Å². The molecule has 2 aromatic carbocycles. The SMILES string of the molecule is CCOc1cc(CNc2ccc(C)c(C)c2)cc(I)c1OCC. The van der Waals surface area contributed by atoms with E-state index in [0.717, 1.165) is 27.3 Å². The van der Waals surface area contributed by atoms with E-state index in [-0.39, 0.29) is 0 Å². The second kappa shape index (κ2) is 8.43. The third-order valence-electron chi connectivity index (χ3n) is 3.66. The minimum atomic E-state index is 0.629. The monoisotopic (exact) mass is 425 g/mol. The minimum absolute atomic E-state index is 0.629. The maximum atomic E-state index is 5.74. The summed E-state index contributed by atoms with van der Waals surface area (Å²) in [4.78, 5) is 0. The molecule has 0 spiro atoms. The molecule has 2 rings (SSSR count). The standard InChI is InChI=1S/C19H24INO2/c1-5-22-18-11-15(10-17(20)19(18)23-6-2)12-21-16-8-7-13(3)14(4)9-16/h7-11,21H,5-6,12H2,1-4H3. The largest absolute Gasteiger partial charge is 0.490 e. The first-order valence-electron chi connectivity index (χ1n) is 7.94. The van der Waals surface area contributed by atoms with Crippen molar-refractivity contribution < 1.29 is 9.47 Å². The normalized spacial score (nSPS) is 10.5. The predicted octanol–water partition coefficient (Wildman–Crippen LogP) is 5.32. The van der Waals surface area contributed by atoms with Crippen LogP contribution in [0, 0.1) is 17.4 Å². The Labute approximate surface area is 152 Å². The molecule has 0 aliphatic carbocycles. The summed E-state index contributed by atoms with van der Waals surface area (Å²) in [5.41, 5.74) is 4.92. The van der Waals surface area contributed by atoms with Gasteiger partial charge in [-0.3, -0.25) is 0 Å². The number of rotatable bonds is 7. The molecule has 1 N–H and O–H groups in total. The lowest BCUT2D eigenvalue weighted by atomic mass is 10.1. The molecule has 0 radical (unpaired) electrons. The molecule has 4 heteroatoms. The summed E-state index contributed by atoms with van der Waals surface area (Å²) in [5, 5.41) is 3.48. The van der Waals surface area contributed by atoms with Crippen molar-refractivity contribution in [2.75, 3.05) is 18.5 Å². The van der Waals surface area contributed by atoms with Crippen LogP contribution < -0.4 is 14.8 Å². The Morgan fingerprint density at radius 1 is 0.957 bits per heavy atom. The van der Waals surface area contributed by atoms with E-state index in [2.05, 4.69) is 72.1 Å². The summed E-state index contributed by atoms with van der Waals surface area (Å²) >= 11 is 2.31. The van der Waals surface area contributed by atoms with Crippen LogP contribution in [0.3, 0.4) is 0 Å². The van der Waals surface area contributed by atoms with Gasteiger partial charge in [-0.1, -0.05) is 6.07 Å². The van der Waals surface area contributed by atoms with Crippen molar-refractivity contribution in [1.29, 1.82) is 0 Å². The van der Waals surface area contributed by atoms with Crippen LogP contribution in [0.1, 0.15) is 30.5 Å². The van der Waals surface area contributed by atoms with Crippen LogP contribution >= 0.6 is 22.6 Å². The van der Waals surface area contributed by atoms with Crippen LogP contribution in [0.2, 0.25) is 0 Å². The molecule has 0 fully saturated rings. The number of ether oxygens (including phenoxy) is 2. The summed E-state index contributed by atoms with van der Waals surface area (Å²) in [7, 11) is 0. The fourth-order valence-corrected chi connectivity index (χ4v) is 3.15. The summed E-state index contributed by atoms with van der Waals surface area (Å²) in [6.07, 6.45) is 0. The molecule has 0 heterocycles. The third-order valence-corrected chi connectivity index (χ3v) is 4.46. The molecule has 0 atom stereocenters. The van der Waals surface area contributed by atoms with Crippen LogP contribution in [0.5, 0.6) is 11.5 Å². The van der Waals surface area contributed by atoms with Gasteiger partial charge in [-0.25, -0.2) is 0 Å². The molecule has 23 heavy (non-hydrogen) atoms. The van der Waals surface area contributed by atoms with Crippen LogP contribution in [0.25, 0.3) is 0 Å². The average molecular weight is 425 g/mol. The zero-order valence-electron chi connectivity index (χ0n) is 14.2. The summed E-state index contributed by atoms with van der Waals surface area (Å²) in [6, 6.07) is 10.6. The van der Waals surface area contributed by atoms with Crippen molar-refractivity contribution in [3.05, 3.63) is 50.6 Å². The van der Waals surface area contributed by atoms with Crippen LogP contribution in [-0.4, -0.2) is 13.2 Å². The average Bonchev–Trinajstić information content (AvgIpc) is 2.52. The molecule has 0 unspecified atom stereocenters. The van der Waals surface area contributed by atoms with Gasteiger partial charge in [-0.15, -0.1) is 0 Å². The maximum absolute atomic E-state index is 5.74. The molecule has 3 nitrogen and oxygen atoms in total. The number of hydrogen-bond acceptors (Lipinski definition) is 3. The number of halogens is 1. The summed E-state index contributed by atoms with van der Waals surface area (Å²) < 4.78 is 12.5. The predicted molar refractivity (Wildman–Crippen MR) is 105 cm³/mol. The van der Waals surface area contributed by atoms with Crippen LogP contribution in [0.15, 0.2) is 30.3 Å². The Bertz CT molecular complexity index is 671. The number of aryl methyl sites for hydroxylation is 2. The Morgan fingerprint density at radius 3 is 2.35 bits per heavy atom. The van der Waals surface area contributed by atoms with E-state index < -0.39 is 0 Å². The van der Waals surface area contributed by atoms with Crippen molar-refractivity contribution in [3.63, 3.8) is 0 Å². The zero-order valence-corrected chi connectivity index (χ0v) is 16.4. The first-order valence-corrected chi connectivity index (χ1v) is 9.02. The fourth-order valence-electron chi connectivity index (χ4n) is 2.33. The van der Waals surface area contributed by atoms with Crippen molar-refractivity contribution in [2.45, 2.75) is 34.2 Å². The highest BCUT2D eigenvalue weighted by Crippen LogP contribution is 2.34. The fraction of sp³-hybridized carbons (Fsp3) is 0.368. The van der Waals surface area contributed by atoms with Gasteiger partial charge >= 0.3 is 0 Å². The molecule has 0 aliphatic rings. The lowest BCUT2D eigenvalue weighted by Crippen LogP contribution is -2.04. The highest BCUT2D eigenvalue weighted by atomic mass is 127. The molecule has 0 aliphatic heterocycles. The lowest BCUT2D eigenvalue weighted by molar-refractivity contribution is 0.286. The Kier molecular flexibility index (Phi) is 6.57. The Morgan fingerprint density at radius 2 is 1.70 bits per heavy atom. The molecular weight excluding hydrogens is 401 g/mol. The van der Waals surface area contributed by atoms with Gasteiger partial charge < -0.3 is 14.8 Å². The zero-order chi connectivity index (χ0) is 16.8. The topological polar surface area (TPSA) is 30.5 Å². The maximum Gasteiger partial charge on any atom is 0.174 e. The third kappa shape index (κ3) is 4.77. The second-order valence-electron chi connectivity index (χ2n) is 5.42. The van der Waals surface area contributed by atoms with Crippen LogP contribution in [0.4, 0.5) is 5.69 Å². The van der Waals surface area contributed by atoms with Gasteiger partial charge in [0.25, 0.3) is 0 Å². The second-order valence-corrected chi connectivity index (χ2v) is 6.59. The van der Waals surface area contributed by atoms with Gasteiger partial charge in [0.15, 0.2) is 11.5 Å². The molecule has 0 bridgehead atoms. The number of anilines is 1. The van der Waals surface area contributed by atoms with Gasteiger partial charge in [0, 0.05) is 12.2 Å². The van der Waals surface area contributed by atoms with Gasteiger partial charge in [-0.2, -0.15) is 0 Å². The number of nitrogens with one attached hydrogen (secondary N) is 1. The van der Waals surface area contributed by atoms with Crippen molar-refractivity contribution in [1.82, 2.24) is 0 Å². The molecule has 0 saturated heterocycles. The molecule has 124 valence electrons. The molecule has 0 amide bonds. The highest BCUT2D eigenvalue weighted by molar-refractivity contribution is 14.1. The first-order chi connectivity index (χ1) is 11.0. The van der Waals surface area contributed by atoms with E-state index in [0.29, 0.717) is 13.2 Å². The Balaban J connectivity index is 2.17. The van der Waals surface area contributed by atoms with Gasteiger partial charge in [0.1, 0.15) is 0 Å². The quantitative estimate of drug-likeness (QED) is 0.610. The van der Waals surface area contributed by atoms with Crippen molar-refractivity contribution >= 4 is 28.3 Å². The molecule has 2 aromatic rings. The smallest absolute Gasteiger partial charge is 0.174 e. The Hall–Kier alpha value is -1.43. The summed E-state index contributed by atoms with van der Waals surface area (Å²) in [5.74, 6) is 1.66. The van der Waals surface area contributed by atoms with E-state index >= 15 is 0 Å². The molecular formula is C19H24INO2. The lowest BCUT2D eigenvalue weighted by Gasteiger charge is -2.15. The first kappa shape index (κ1) is 17.9. The van der Waals surface area contributed by atoms with E-state index in [1.165, 1.54) is 16.7 Å². The van der Waals surface area contributed by atoms with Gasteiger partial charge in [-0.05, 0) is 91.2 Å². The minimum Gasteiger partial charge on any atom is -0.490 e. The van der Waals surface area contributed by atoms with E-state index in [1.807, 2.05) is 13.8 Å². The van der Waals surface area contributed by atoms with Gasteiger partial charge in [0.05, 0.1) is 16.8 Å². The highest BCUT2D eigenvalue weighted by Gasteiger charge is 2.11. The molecule has 0 saturated carbocycles. The van der Waals surface area contributed by atoms with Crippen molar-refractivity contribution in [2.24, 2.45) is 0 Å². The van der Waals surface area contributed by atoms with Gasteiger partial charge in [0.2, 0.25) is 0 Å². The van der Waals surface area contributed by atoms with Crippen LogP contribution in [-0.2, 0) is 6.54 Å². The van der Waals surface area contributed by atoms with E-state index in [1.54, 1.807) is 0 Å². The molecule has 0 aromatic heterocycles. The summed E-state index contributed by atoms with van der Waals surface area (Å²) in [6.45, 7) is 10.3. The van der Waals surface area contributed by atoms with Crippen molar-refractivity contribution in [3.8, 4) is 11.5 Å². The number of hydrogen-bond donors (Lipinski definition) is 1. The van der Waals surface area contributed by atoms with E-state index in [9.17, 15) is 0 Å². The number of benzene rings is 2.